The highest BCUT2D eigenvalue weighted by Gasteiger charge is 2.22. The number of hydrogen-bond donors (Lipinski definition) is 2. The van der Waals surface area contributed by atoms with Crippen LogP contribution in [0.3, 0.4) is 0 Å². The summed E-state index contributed by atoms with van der Waals surface area (Å²) in [7, 11) is 1.68. The number of aldehydes is 1. The van der Waals surface area contributed by atoms with Gasteiger partial charge in [-0.3, -0.25) is 4.79 Å². The fraction of sp³-hybridized carbons (Fsp3) is 0.174. The molecule has 142 valence electrons. The molecule has 2 aliphatic rings. The van der Waals surface area contributed by atoms with Crippen molar-refractivity contribution in [2.45, 2.75) is 13.3 Å². The Morgan fingerprint density at radius 2 is 2.07 bits per heavy atom. The van der Waals surface area contributed by atoms with Crippen molar-refractivity contribution in [3.8, 4) is 5.75 Å². The van der Waals surface area contributed by atoms with Crippen molar-refractivity contribution in [2.24, 2.45) is 5.73 Å². The van der Waals surface area contributed by atoms with Gasteiger partial charge < -0.3 is 20.7 Å². The summed E-state index contributed by atoms with van der Waals surface area (Å²) in [6.45, 7) is 2.96. The summed E-state index contributed by atoms with van der Waals surface area (Å²) in [6.07, 6.45) is 7.92. The van der Waals surface area contributed by atoms with Crippen molar-refractivity contribution < 1.29 is 9.53 Å². The molecule has 4 rings (SSSR count). The fourth-order valence-corrected chi connectivity index (χ4v) is 3.60. The Morgan fingerprint density at radius 1 is 1.21 bits per heavy atom. The topological polar surface area (TPSA) is 67.6 Å². The first kappa shape index (κ1) is 17.9. The van der Waals surface area contributed by atoms with Crippen LogP contribution in [0.25, 0.3) is 5.70 Å². The van der Waals surface area contributed by atoms with Crippen molar-refractivity contribution in [1.82, 2.24) is 4.90 Å². The van der Waals surface area contributed by atoms with E-state index in [-0.39, 0.29) is 0 Å². The molecule has 0 aliphatic carbocycles. The van der Waals surface area contributed by atoms with Gasteiger partial charge in [-0.2, -0.15) is 0 Å². The van der Waals surface area contributed by atoms with Gasteiger partial charge in [-0.05, 0) is 48.7 Å². The van der Waals surface area contributed by atoms with Crippen molar-refractivity contribution in [2.75, 3.05) is 19.0 Å². The molecule has 5 nitrogen and oxygen atoms in total. The number of nitrogens with one attached hydrogen (secondary N) is 1. The van der Waals surface area contributed by atoms with E-state index in [9.17, 15) is 4.79 Å². The zero-order valence-corrected chi connectivity index (χ0v) is 16.0. The minimum absolute atomic E-state index is 0.626. The molecule has 0 bridgehead atoms. The van der Waals surface area contributed by atoms with E-state index in [4.69, 9.17) is 10.5 Å². The summed E-state index contributed by atoms with van der Waals surface area (Å²) in [5.41, 5.74) is 14.0. The number of anilines is 1. The maximum absolute atomic E-state index is 11.1. The lowest BCUT2D eigenvalue weighted by molar-refractivity contribution is 0.112. The van der Waals surface area contributed by atoms with E-state index in [0.717, 1.165) is 53.2 Å². The van der Waals surface area contributed by atoms with Gasteiger partial charge in [0, 0.05) is 41.3 Å². The first-order chi connectivity index (χ1) is 13.6. The van der Waals surface area contributed by atoms with Crippen molar-refractivity contribution in [1.29, 1.82) is 0 Å². The minimum Gasteiger partial charge on any atom is -0.497 e. The Kier molecular flexibility index (Phi) is 4.65. The number of benzene rings is 2. The molecule has 0 spiro atoms. The second-order valence-corrected chi connectivity index (χ2v) is 7.01. The first-order valence-electron chi connectivity index (χ1n) is 9.25. The van der Waals surface area contributed by atoms with E-state index in [1.165, 1.54) is 11.1 Å². The van der Waals surface area contributed by atoms with Crippen LogP contribution in [-0.2, 0) is 6.42 Å². The summed E-state index contributed by atoms with van der Waals surface area (Å²) in [5, 5.41) is 3.41. The van der Waals surface area contributed by atoms with Crippen molar-refractivity contribution in [3.05, 3.63) is 88.4 Å². The molecular formula is C23H23N3O2. The maximum Gasteiger partial charge on any atom is 0.150 e. The average molecular weight is 373 g/mol. The molecule has 0 radical (unpaired) electrons. The number of ether oxygens (including phenoxy) is 1. The highest BCUT2D eigenvalue weighted by molar-refractivity contribution is 5.89. The van der Waals surface area contributed by atoms with Crippen LogP contribution in [0.4, 0.5) is 5.69 Å². The zero-order valence-electron chi connectivity index (χ0n) is 16.0. The first-order valence-corrected chi connectivity index (χ1v) is 9.25. The molecule has 0 saturated carbocycles. The van der Waals surface area contributed by atoms with Gasteiger partial charge in [-0.1, -0.05) is 18.2 Å². The molecule has 2 heterocycles. The number of nitrogens with two attached hydrogens (primary N) is 1. The number of hydrogen-bond acceptors (Lipinski definition) is 5. The number of allylic oxidation sites excluding steroid dienone is 1. The molecule has 0 aromatic heterocycles. The van der Waals surface area contributed by atoms with Crippen LogP contribution in [0.15, 0.2) is 66.1 Å². The lowest BCUT2D eigenvalue weighted by Crippen LogP contribution is -2.24. The van der Waals surface area contributed by atoms with Crippen molar-refractivity contribution >= 4 is 17.7 Å². The van der Waals surface area contributed by atoms with E-state index in [1.807, 2.05) is 24.3 Å². The number of fused-ring (bicyclic) bond motifs is 2. The normalized spacial score (nSPS) is 14.8. The number of carbonyl (C=O) groups is 1. The van der Waals surface area contributed by atoms with Crippen LogP contribution in [0.5, 0.6) is 5.75 Å². The van der Waals surface area contributed by atoms with Crippen LogP contribution in [0.2, 0.25) is 0 Å². The quantitative estimate of drug-likeness (QED) is 0.780. The highest BCUT2D eigenvalue weighted by atomic mass is 16.5. The average Bonchev–Trinajstić information content (AvgIpc) is 2.72. The number of rotatable bonds is 5. The number of methoxy groups -OCH3 is 1. The van der Waals surface area contributed by atoms with Gasteiger partial charge >= 0.3 is 0 Å². The largest absolute Gasteiger partial charge is 0.497 e. The van der Waals surface area contributed by atoms with Gasteiger partial charge in [0.05, 0.1) is 18.5 Å². The van der Waals surface area contributed by atoms with Gasteiger partial charge in [-0.15, -0.1) is 0 Å². The molecule has 28 heavy (non-hydrogen) atoms. The molecule has 3 N–H and O–H groups in total. The molecular weight excluding hydrogens is 350 g/mol. The molecule has 0 fully saturated rings. The zero-order chi connectivity index (χ0) is 19.7. The second-order valence-electron chi connectivity index (χ2n) is 7.01. The van der Waals surface area contributed by atoms with Gasteiger partial charge in [-0.25, -0.2) is 0 Å². The molecule has 2 aromatic rings. The number of carbonyl (C=O) groups excluding carboxylic acids is 1. The molecule has 0 saturated heterocycles. The van der Waals surface area contributed by atoms with Crippen molar-refractivity contribution in [3.63, 3.8) is 0 Å². The SMILES string of the molecule is COc1ccc(CCN2C=CC3=C(N)c4ccc(C=O)cc4NC3=C2)c(C)c1. The third-order valence-corrected chi connectivity index (χ3v) is 5.24. The van der Waals surface area contributed by atoms with Gasteiger partial charge in [0.1, 0.15) is 12.0 Å². The minimum atomic E-state index is 0.626. The predicted molar refractivity (Wildman–Crippen MR) is 112 cm³/mol. The molecule has 2 aliphatic heterocycles. The summed E-state index contributed by atoms with van der Waals surface area (Å²) in [4.78, 5) is 13.2. The summed E-state index contributed by atoms with van der Waals surface area (Å²) < 4.78 is 5.28. The Hall–Kier alpha value is -3.47. The molecule has 5 heteroatoms. The van der Waals surface area contributed by atoms with E-state index < -0.39 is 0 Å². The van der Waals surface area contributed by atoms with E-state index in [0.29, 0.717) is 5.56 Å². The van der Waals surface area contributed by atoms with Gasteiger partial charge in [0.25, 0.3) is 0 Å². The van der Waals surface area contributed by atoms with Gasteiger partial charge in [0.2, 0.25) is 0 Å². The van der Waals surface area contributed by atoms with Crippen LogP contribution in [0, 0.1) is 6.92 Å². The van der Waals surface area contributed by atoms with Crippen LogP contribution >= 0.6 is 0 Å². The Bertz CT molecular complexity index is 1030. The van der Waals surface area contributed by atoms with Crippen LogP contribution in [-0.4, -0.2) is 24.8 Å². The molecule has 0 atom stereocenters. The fourth-order valence-electron chi connectivity index (χ4n) is 3.60. The van der Waals surface area contributed by atoms with Crippen LogP contribution in [0.1, 0.15) is 27.0 Å². The summed E-state index contributed by atoms with van der Waals surface area (Å²) in [5.74, 6) is 0.881. The van der Waals surface area contributed by atoms with Crippen LogP contribution < -0.4 is 15.8 Å². The number of aryl methyl sites for hydroxylation is 1. The predicted octanol–water partition coefficient (Wildman–Crippen LogP) is 3.82. The van der Waals surface area contributed by atoms with E-state index >= 15 is 0 Å². The number of nitrogens with zero attached hydrogens (tertiary/aromatic N) is 1. The monoisotopic (exact) mass is 373 g/mol. The lowest BCUT2D eigenvalue weighted by atomic mass is 9.95. The standard InChI is InChI=1S/C23H23N3O2/c1-15-11-18(28-2)5-4-17(15)7-9-26-10-8-20-22(13-26)25-21-12-16(14-27)3-6-19(21)23(20)24/h3-6,8,10-14,25H,7,9,24H2,1-2H3. The third kappa shape index (κ3) is 3.27. The highest BCUT2D eigenvalue weighted by Crippen LogP contribution is 2.35. The second kappa shape index (κ2) is 7.27. The lowest BCUT2D eigenvalue weighted by Gasteiger charge is -2.29. The third-order valence-electron chi connectivity index (χ3n) is 5.24. The Balaban J connectivity index is 1.53. The smallest absolute Gasteiger partial charge is 0.150 e. The van der Waals surface area contributed by atoms with Gasteiger partial charge in [0.15, 0.2) is 0 Å². The Labute approximate surface area is 164 Å². The Morgan fingerprint density at radius 3 is 2.82 bits per heavy atom. The maximum atomic E-state index is 11.1. The van der Waals surface area contributed by atoms with E-state index in [1.54, 1.807) is 13.2 Å². The molecule has 0 amide bonds. The molecule has 0 unspecified atom stereocenters. The van der Waals surface area contributed by atoms with E-state index in [2.05, 4.69) is 41.7 Å². The summed E-state index contributed by atoms with van der Waals surface area (Å²) >= 11 is 0. The molecule has 2 aromatic carbocycles. The summed E-state index contributed by atoms with van der Waals surface area (Å²) in [6, 6.07) is 11.7.